The molecule has 130 valence electrons. The molecule has 0 bridgehead atoms. The van der Waals surface area contributed by atoms with Crippen molar-refractivity contribution in [3.05, 3.63) is 47.5 Å². The molecular formula is C24H34. The monoisotopic (exact) mass is 322 g/mol. The Morgan fingerprint density at radius 3 is 2.29 bits per heavy atom. The fourth-order valence-corrected chi connectivity index (χ4v) is 4.49. The molecular weight excluding hydrogens is 288 g/mol. The summed E-state index contributed by atoms with van der Waals surface area (Å²) >= 11 is 0. The maximum absolute atomic E-state index is 2.47. The highest BCUT2D eigenvalue weighted by atomic mass is 14.3. The Morgan fingerprint density at radius 1 is 0.792 bits per heavy atom. The molecule has 0 spiro atoms. The van der Waals surface area contributed by atoms with Crippen molar-refractivity contribution in [1.82, 2.24) is 0 Å². The van der Waals surface area contributed by atoms with Crippen LogP contribution in [0.15, 0.2) is 36.4 Å². The second-order valence-corrected chi connectivity index (χ2v) is 7.90. The largest absolute Gasteiger partial charge is 0.0654 e. The molecule has 1 fully saturated rings. The molecule has 0 aromatic heterocycles. The van der Waals surface area contributed by atoms with Gasteiger partial charge in [0.2, 0.25) is 0 Å². The summed E-state index contributed by atoms with van der Waals surface area (Å²) in [5, 5.41) is 2.86. The number of aryl methyl sites for hydroxylation is 1. The molecule has 0 amide bonds. The Hall–Kier alpha value is -1.30. The quantitative estimate of drug-likeness (QED) is 0.459. The van der Waals surface area contributed by atoms with Crippen LogP contribution in [-0.2, 0) is 6.42 Å². The maximum atomic E-state index is 2.47. The zero-order valence-electron chi connectivity index (χ0n) is 15.7. The van der Waals surface area contributed by atoms with Crippen molar-refractivity contribution < 1.29 is 0 Å². The minimum absolute atomic E-state index is 0.798. The lowest BCUT2D eigenvalue weighted by Crippen LogP contribution is -2.13. The van der Waals surface area contributed by atoms with Crippen LogP contribution in [0, 0.1) is 5.92 Å². The summed E-state index contributed by atoms with van der Waals surface area (Å²) in [6.45, 7) is 4.60. The Kier molecular flexibility index (Phi) is 6.35. The number of benzene rings is 2. The lowest BCUT2D eigenvalue weighted by atomic mass is 9.77. The van der Waals surface area contributed by atoms with Crippen LogP contribution >= 0.6 is 0 Å². The van der Waals surface area contributed by atoms with E-state index in [0.29, 0.717) is 0 Å². The normalized spacial score (nSPS) is 21.2. The van der Waals surface area contributed by atoms with Crippen molar-refractivity contribution in [3.8, 4) is 0 Å². The molecule has 0 saturated heterocycles. The highest BCUT2D eigenvalue weighted by molar-refractivity contribution is 5.84. The number of rotatable bonds is 7. The summed E-state index contributed by atoms with van der Waals surface area (Å²) in [7, 11) is 0. The topological polar surface area (TPSA) is 0 Å². The molecule has 0 nitrogen and oxygen atoms in total. The predicted octanol–water partition coefficient (Wildman–Crippen LogP) is 7.65. The lowest BCUT2D eigenvalue weighted by Gasteiger charge is -2.28. The van der Waals surface area contributed by atoms with E-state index in [9.17, 15) is 0 Å². The highest BCUT2D eigenvalue weighted by Crippen LogP contribution is 2.38. The minimum Gasteiger partial charge on any atom is -0.0654 e. The van der Waals surface area contributed by atoms with Crippen molar-refractivity contribution in [2.24, 2.45) is 5.92 Å². The van der Waals surface area contributed by atoms with Gasteiger partial charge in [0.1, 0.15) is 0 Å². The van der Waals surface area contributed by atoms with Gasteiger partial charge in [-0.1, -0.05) is 75.9 Å². The van der Waals surface area contributed by atoms with E-state index >= 15 is 0 Å². The summed E-state index contributed by atoms with van der Waals surface area (Å²) in [6.07, 6.45) is 13.6. The third-order valence-corrected chi connectivity index (χ3v) is 6.01. The molecule has 1 aliphatic rings. The van der Waals surface area contributed by atoms with Gasteiger partial charge in [-0.25, -0.2) is 0 Å². The van der Waals surface area contributed by atoms with Gasteiger partial charge in [0.05, 0.1) is 0 Å². The molecule has 2 aromatic carbocycles. The van der Waals surface area contributed by atoms with Gasteiger partial charge < -0.3 is 0 Å². The first kappa shape index (κ1) is 17.5. The van der Waals surface area contributed by atoms with Gasteiger partial charge in [0.25, 0.3) is 0 Å². The molecule has 0 aliphatic heterocycles. The van der Waals surface area contributed by atoms with Crippen LogP contribution in [0.3, 0.4) is 0 Å². The van der Waals surface area contributed by atoms with Crippen molar-refractivity contribution in [1.29, 1.82) is 0 Å². The lowest BCUT2D eigenvalue weighted by molar-refractivity contribution is 0.308. The summed E-state index contributed by atoms with van der Waals surface area (Å²) in [6, 6.07) is 14.3. The Labute approximate surface area is 148 Å². The zero-order valence-corrected chi connectivity index (χ0v) is 15.7. The Morgan fingerprint density at radius 2 is 1.54 bits per heavy atom. The van der Waals surface area contributed by atoms with E-state index in [2.05, 4.69) is 50.2 Å². The van der Waals surface area contributed by atoms with Gasteiger partial charge in [-0.15, -0.1) is 0 Å². The molecule has 3 rings (SSSR count). The Balaban J connectivity index is 1.67. The van der Waals surface area contributed by atoms with Crippen molar-refractivity contribution in [2.45, 2.75) is 84.0 Å². The number of unbranched alkanes of at least 4 members (excludes halogenated alkanes) is 2. The SMILES string of the molecule is CCCCCc1ccc2cc(C3CCC(CCC)CC3)ccc2c1. The van der Waals surface area contributed by atoms with Gasteiger partial charge in [0, 0.05) is 0 Å². The molecule has 0 unspecified atom stereocenters. The fraction of sp³-hybridized carbons (Fsp3) is 0.583. The molecule has 1 aliphatic carbocycles. The number of fused-ring (bicyclic) bond motifs is 1. The smallest absolute Gasteiger partial charge is 0.0162 e. The van der Waals surface area contributed by atoms with Gasteiger partial charge in [-0.05, 0) is 72.3 Å². The van der Waals surface area contributed by atoms with E-state index in [-0.39, 0.29) is 0 Å². The third kappa shape index (κ3) is 4.41. The average Bonchev–Trinajstić information content (AvgIpc) is 2.62. The molecule has 1 saturated carbocycles. The van der Waals surface area contributed by atoms with E-state index in [1.807, 2.05) is 0 Å². The third-order valence-electron chi connectivity index (χ3n) is 6.01. The molecule has 0 heteroatoms. The van der Waals surface area contributed by atoms with Crippen LogP contribution in [-0.4, -0.2) is 0 Å². The Bertz CT molecular complexity index is 632. The number of hydrogen-bond donors (Lipinski definition) is 0. The van der Waals surface area contributed by atoms with Crippen LogP contribution < -0.4 is 0 Å². The van der Waals surface area contributed by atoms with Crippen LogP contribution in [0.1, 0.15) is 88.7 Å². The second kappa shape index (κ2) is 8.70. The van der Waals surface area contributed by atoms with Crippen LogP contribution in [0.4, 0.5) is 0 Å². The van der Waals surface area contributed by atoms with Gasteiger partial charge in [-0.3, -0.25) is 0 Å². The first-order valence-electron chi connectivity index (χ1n) is 10.3. The second-order valence-electron chi connectivity index (χ2n) is 7.90. The molecule has 0 radical (unpaired) electrons. The fourth-order valence-electron chi connectivity index (χ4n) is 4.49. The summed E-state index contributed by atoms with van der Waals surface area (Å²) < 4.78 is 0. The summed E-state index contributed by atoms with van der Waals surface area (Å²) in [5.41, 5.74) is 3.08. The maximum Gasteiger partial charge on any atom is -0.0162 e. The van der Waals surface area contributed by atoms with Crippen molar-refractivity contribution in [2.75, 3.05) is 0 Å². The van der Waals surface area contributed by atoms with E-state index in [1.54, 1.807) is 5.56 Å². The standard InChI is InChI=1S/C24H34/c1-3-5-6-8-20-11-14-24-18-23(16-15-22(24)17-20)21-12-9-19(7-4-2)10-13-21/h11,14-19,21H,3-10,12-13H2,1-2H3. The van der Waals surface area contributed by atoms with Crippen molar-refractivity contribution in [3.63, 3.8) is 0 Å². The zero-order chi connectivity index (χ0) is 16.8. The summed E-state index contributed by atoms with van der Waals surface area (Å²) in [4.78, 5) is 0. The average molecular weight is 323 g/mol. The predicted molar refractivity (Wildman–Crippen MR) is 107 cm³/mol. The van der Waals surface area contributed by atoms with Crippen LogP contribution in [0.2, 0.25) is 0 Å². The number of hydrogen-bond acceptors (Lipinski definition) is 0. The first-order valence-corrected chi connectivity index (χ1v) is 10.3. The van der Waals surface area contributed by atoms with Gasteiger partial charge in [0.15, 0.2) is 0 Å². The molecule has 24 heavy (non-hydrogen) atoms. The van der Waals surface area contributed by atoms with Crippen LogP contribution in [0.5, 0.6) is 0 Å². The molecule has 0 atom stereocenters. The van der Waals surface area contributed by atoms with Crippen molar-refractivity contribution >= 4 is 10.8 Å². The molecule has 2 aromatic rings. The molecule has 0 N–H and O–H groups in total. The molecule has 0 heterocycles. The minimum atomic E-state index is 0.798. The van der Waals surface area contributed by atoms with E-state index in [1.165, 1.54) is 80.5 Å². The van der Waals surface area contributed by atoms with Gasteiger partial charge in [-0.2, -0.15) is 0 Å². The van der Waals surface area contributed by atoms with Gasteiger partial charge >= 0.3 is 0 Å². The van der Waals surface area contributed by atoms with E-state index in [4.69, 9.17) is 0 Å². The van der Waals surface area contributed by atoms with E-state index in [0.717, 1.165) is 11.8 Å². The summed E-state index contributed by atoms with van der Waals surface area (Å²) in [5.74, 6) is 1.80. The first-order chi connectivity index (χ1) is 11.8. The highest BCUT2D eigenvalue weighted by Gasteiger charge is 2.21. The van der Waals surface area contributed by atoms with Crippen LogP contribution in [0.25, 0.3) is 10.8 Å². The van der Waals surface area contributed by atoms with E-state index < -0.39 is 0 Å².